The number of amides is 2. The van der Waals surface area contributed by atoms with Gasteiger partial charge in [-0.1, -0.05) is 50.6 Å². The molecule has 43 heavy (non-hydrogen) atoms. The fourth-order valence-electron chi connectivity index (χ4n) is 4.84. The molecule has 0 radical (unpaired) electrons. The number of cyclic esters (lactones) is 1. The van der Waals surface area contributed by atoms with Crippen LogP contribution in [0.3, 0.4) is 0 Å². The van der Waals surface area contributed by atoms with E-state index in [0.717, 1.165) is 17.0 Å². The van der Waals surface area contributed by atoms with Gasteiger partial charge in [0.05, 0.1) is 34.3 Å². The summed E-state index contributed by atoms with van der Waals surface area (Å²) in [6.45, 7) is 7.44. The van der Waals surface area contributed by atoms with Gasteiger partial charge >= 0.3 is 6.09 Å². The van der Waals surface area contributed by atoms with Gasteiger partial charge in [-0.05, 0) is 56.0 Å². The van der Waals surface area contributed by atoms with E-state index in [0.29, 0.717) is 16.4 Å². The molecule has 2 heterocycles. The second-order valence-corrected chi connectivity index (χ2v) is 14.0. The zero-order valence-corrected chi connectivity index (χ0v) is 26.4. The smallest absolute Gasteiger partial charge is 0.415 e. The van der Waals surface area contributed by atoms with Crippen molar-refractivity contribution >= 4 is 44.0 Å². The van der Waals surface area contributed by atoms with Gasteiger partial charge < -0.3 is 20.9 Å². The number of carbonyl (C=O) groups is 2. The zero-order chi connectivity index (χ0) is 31.3. The molecule has 1 aliphatic heterocycles. The Hall–Kier alpha value is -3.52. The number of hydrogen-bond acceptors (Lipinski definition) is 9. The molecule has 3 aromatic rings. The van der Waals surface area contributed by atoms with Crippen molar-refractivity contribution in [2.75, 3.05) is 30.3 Å². The normalized spacial score (nSPS) is 17.5. The number of ether oxygens (including phenoxy) is 1. The number of aliphatic hydroxyl groups is 1. The highest BCUT2D eigenvalue weighted by Gasteiger charge is 2.40. The van der Waals surface area contributed by atoms with E-state index in [1.54, 1.807) is 6.92 Å². The summed E-state index contributed by atoms with van der Waals surface area (Å²) in [6.07, 6.45) is -2.09. The number of aryl methyl sites for hydroxylation is 2. The van der Waals surface area contributed by atoms with Crippen LogP contribution < -0.4 is 16.0 Å². The standard InChI is InChI=1S/C30H39N5O6S2/c1-5-19(2)16-34(43(39,40)24-13-11-23(31)12-14-24)17-26(36)25(15-22-9-7-6-8-10-22)33-28(37)27-18-35(30(38)41-27)29-20(3)32-21(4)42-29/h6-14,19,25-27,36H,5,15-18,31H2,1-4H3,(H,33,37)/t19-,25?,26-,27?/m1/s1. The number of nitrogen functional groups attached to an aromatic ring is 1. The van der Waals surface area contributed by atoms with Crippen LogP contribution in [0.1, 0.15) is 36.5 Å². The lowest BCUT2D eigenvalue weighted by atomic mass is 10.0. The van der Waals surface area contributed by atoms with Gasteiger partial charge in [0.15, 0.2) is 6.10 Å². The maximum Gasteiger partial charge on any atom is 0.415 e. The number of hydrogen-bond donors (Lipinski definition) is 3. The summed E-state index contributed by atoms with van der Waals surface area (Å²) in [5.74, 6) is -0.565. The minimum absolute atomic E-state index is 0.00699. The molecule has 2 unspecified atom stereocenters. The van der Waals surface area contributed by atoms with Crippen LogP contribution in [-0.4, -0.2) is 72.7 Å². The first kappa shape index (κ1) is 32.4. The van der Waals surface area contributed by atoms with Crippen LogP contribution in [0.5, 0.6) is 0 Å². The maximum atomic E-state index is 13.7. The van der Waals surface area contributed by atoms with E-state index in [-0.39, 0.29) is 36.9 Å². The molecule has 4 rings (SSSR count). The third kappa shape index (κ3) is 7.91. The SMILES string of the molecule is CC[C@@H](C)CN(C[C@@H](O)C(Cc1ccccc1)NC(=O)C1CN(c2sc(C)nc2C)C(=O)O1)S(=O)(=O)c1ccc(N)cc1. The van der Waals surface area contributed by atoms with E-state index in [1.165, 1.54) is 44.8 Å². The zero-order valence-electron chi connectivity index (χ0n) is 24.8. The Balaban J connectivity index is 1.56. The maximum absolute atomic E-state index is 13.7. The summed E-state index contributed by atoms with van der Waals surface area (Å²) >= 11 is 1.34. The fourth-order valence-corrected chi connectivity index (χ4v) is 7.33. The number of aliphatic hydroxyl groups excluding tert-OH is 1. The summed E-state index contributed by atoms with van der Waals surface area (Å²) in [4.78, 5) is 31.9. The van der Waals surface area contributed by atoms with E-state index < -0.39 is 40.3 Å². The monoisotopic (exact) mass is 629 g/mol. The molecule has 0 saturated carbocycles. The van der Waals surface area contributed by atoms with Crippen LogP contribution in [-0.2, 0) is 26.0 Å². The Morgan fingerprint density at radius 2 is 1.86 bits per heavy atom. The van der Waals surface area contributed by atoms with Gasteiger partial charge in [0.2, 0.25) is 10.0 Å². The van der Waals surface area contributed by atoms with Crippen molar-refractivity contribution in [2.24, 2.45) is 5.92 Å². The van der Waals surface area contributed by atoms with Crippen molar-refractivity contribution < 1.29 is 27.9 Å². The van der Waals surface area contributed by atoms with Crippen molar-refractivity contribution in [1.82, 2.24) is 14.6 Å². The van der Waals surface area contributed by atoms with Crippen LogP contribution in [0.15, 0.2) is 59.5 Å². The Kier molecular flexibility index (Phi) is 10.4. The average Bonchev–Trinajstić information content (AvgIpc) is 3.52. The summed E-state index contributed by atoms with van der Waals surface area (Å²) in [5, 5.41) is 15.8. The van der Waals surface area contributed by atoms with E-state index in [1.807, 2.05) is 51.1 Å². The van der Waals surface area contributed by atoms with Crippen LogP contribution in [0, 0.1) is 19.8 Å². The van der Waals surface area contributed by atoms with E-state index >= 15 is 0 Å². The number of benzene rings is 2. The molecule has 2 amide bonds. The predicted molar refractivity (Wildman–Crippen MR) is 166 cm³/mol. The first-order chi connectivity index (χ1) is 20.4. The van der Waals surface area contributed by atoms with E-state index in [2.05, 4.69) is 10.3 Å². The predicted octanol–water partition coefficient (Wildman–Crippen LogP) is 3.49. The highest BCUT2D eigenvalue weighted by atomic mass is 32.2. The van der Waals surface area contributed by atoms with Gasteiger partial charge in [0.1, 0.15) is 5.00 Å². The largest absolute Gasteiger partial charge is 0.434 e. The average molecular weight is 630 g/mol. The Morgan fingerprint density at radius 1 is 1.19 bits per heavy atom. The summed E-state index contributed by atoms with van der Waals surface area (Å²) in [6, 6.07) is 14.3. The van der Waals surface area contributed by atoms with Gasteiger partial charge in [-0.3, -0.25) is 9.69 Å². The van der Waals surface area contributed by atoms with Crippen molar-refractivity contribution in [3.63, 3.8) is 0 Å². The number of rotatable bonds is 13. The van der Waals surface area contributed by atoms with Gasteiger partial charge in [-0.15, -0.1) is 11.3 Å². The minimum atomic E-state index is -3.99. The first-order valence-electron chi connectivity index (χ1n) is 14.2. The topological polar surface area (TPSA) is 155 Å². The second kappa shape index (κ2) is 13.8. The number of nitrogens with one attached hydrogen (secondary N) is 1. The van der Waals surface area contributed by atoms with Crippen molar-refractivity contribution in [1.29, 1.82) is 0 Å². The lowest BCUT2D eigenvalue weighted by Gasteiger charge is -2.31. The molecule has 2 aromatic carbocycles. The Morgan fingerprint density at radius 3 is 2.47 bits per heavy atom. The molecule has 4 atom stereocenters. The Bertz CT molecular complexity index is 1510. The molecule has 1 saturated heterocycles. The molecule has 13 heteroatoms. The van der Waals surface area contributed by atoms with E-state index in [4.69, 9.17) is 10.5 Å². The number of anilines is 2. The summed E-state index contributed by atoms with van der Waals surface area (Å²) < 4.78 is 34.1. The lowest BCUT2D eigenvalue weighted by Crippen LogP contribution is -2.53. The molecule has 0 spiro atoms. The molecular weight excluding hydrogens is 590 g/mol. The van der Waals surface area contributed by atoms with Crippen molar-refractivity contribution in [3.05, 3.63) is 70.9 Å². The Labute approximate surface area is 256 Å². The molecular formula is C30H39N5O6S2. The number of sulfonamides is 1. The van der Waals surface area contributed by atoms with Crippen LogP contribution in [0.25, 0.3) is 0 Å². The summed E-state index contributed by atoms with van der Waals surface area (Å²) in [7, 11) is -3.99. The first-order valence-corrected chi connectivity index (χ1v) is 16.4. The molecule has 0 bridgehead atoms. The summed E-state index contributed by atoms with van der Waals surface area (Å²) in [5.41, 5.74) is 7.71. The van der Waals surface area contributed by atoms with Gasteiger partial charge in [-0.2, -0.15) is 4.31 Å². The molecule has 0 aliphatic carbocycles. The van der Waals surface area contributed by atoms with Gasteiger partial charge in [0, 0.05) is 18.8 Å². The third-order valence-corrected chi connectivity index (χ3v) is 10.4. The van der Waals surface area contributed by atoms with Gasteiger partial charge in [0.25, 0.3) is 5.91 Å². The number of thiazole rings is 1. The van der Waals surface area contributed by atoms with E-state index in [9.17, 15) is 23.1 Å². The van der Waals surface area contributed by atoms with Crippen LogP contribution >= 0.6 is 11.3 Å². The quantitative estimate of drug-likeness (QED) is 0.243. The number of carbonyl (C=O) groups excluding carboxylic acids is 2. The highest BCUT2D eigenvalue weighted by molar-refractivity contribution is 7.89. The van der Waals surface area contributed by atoms with Crippen molar-refractivity contribution in [3.8, 4) is 0 Å². The molecule has 1 fully saturated rings. The number of nitrogens with two attached hydrogens (primary N) is 1. The van der Waals surface area contributed by atoms with Crippen LogP contribution in [0.4, 0.5) is 15.5 Å². The fraction of sp³-hybridized carbons (Fsp3) is 0.433. The highest BCUT2D eigenvalue weighted by Crippen LogP contribution is 2.31. The lowest BCUT2D eigenvalue weighted by molar-refractivity contribution is -0.129. The number of nitrogens with zero attached hydrogens (tertiary/aromatic N) is 3. The number of aromatic nitrogens is 1. The second-order valence-electron chi connectivity index (χ2n) is 10.9. The van der Waals surface area contributed by atoms with Crippen LogP contribution in [0.2, 0.25) is 0 Å². The molecule has 4 N–H and O–H groups in total. The van der Waals surface area contributed by atoms with Crippen molar-refractivity contribution in [2.45, 2.75) is 63.7 Å². The molecule has 232 valence electrons. The third-order valence-electron chi connectivity index (χ3n) is 7.44. The van der Waals surface area contributed by atoms with Gasteiger partial charge in [-0.25, -0.2) is 18.2 Å². The molecule has 11 nitrogen and oxygen atoms in total. The molecule has 1 aromatic heterocycles. The minimum Gasteiger partial charge on any atom is -0.434 e. The molecule has 1 aliphatic rings.